The van der Waals surface area contributed by atoms with Crippen LogP contribution in [0.2, 0.25) is 0 Å². The molecular formula is C27H26FN3O2. The number of aromatic nitrogens is 2. The summed E-state index contributed by atoms with van der Waals surface area (Å²) in [5, 5.41) is 0. The first kappa shape index (κ1) is 21.2. The standard InChI is InChI=1S/C27H26FN3O2/c1-2-19-7-13-23(14-8-19)33-16-15-30-25-6-4-3-5-24(25)29-27(30)20-17-26(32)31(18-20)22-11-9-21(28)10-12-22/h3-14,20H,2,15-18H2,1H3. The molecular weight excluding hydrogens is 417 g/mol. The third kappa shape index (κ3) is 4.33. The Kier molecular flexibility index (Phi) is 5.82. The maximum Gasteiger partial charge on any atom is 0.227 e. The number of fused-ring (bicyclic) bond motifs is 1. The van der Waals surface area contributed by atoms with Gasteiger partial charge in [0.05, 0.1) is 17.6 Å². The second-order valence-electron chi connectivity index (χ2n) is 8.34. The topological polar surface area (TPSA) is 47.4 Å². The van der Waals surface area contributed by atoms with E-state index in [9.17, 15) is 9.18 Å². The van der Waals surface area contributed by atoms with Crippen molar-refractivity contribution in [2.24, 2.45) is 0 Å². The molecule has 1 unspecified atom stereocenters. The van der Waals surface area contributed by atoms with Crippen molar-refractivity contribution in [3.8, 4) is 5.75 Å². The molecule has 6 heteroatoms. The minimum Gasteiger partial charge on any atom is -0.492 e. The molecule has 0 spiro atoms. The Bertz CT molecular complexity index is 1270. The summed E-state index contributed by atoms with van der Waals surface area (Å²) in [6.07, 6.45) is 1.37. The second-order valence-corrected chi connectivity index (χ2v) is 8.34. The number of ether oxygens (including phenoxy) is 1. The largest absolute Gasteiger partial charge is 0.492 e. The number of carbonyl (C=O) groups excluding carboxylic acids is 1. The number of carbonyl (C=O) groups is 1. The molecule has 3 aromatic carbocycles. The number of nitrogens with zero attached hydrogens (tertiary/aromatic N) is 3. The van der Waals surface area contributed by atoms with Gasteiger partial charge in [0.25, 0.3) is 0 Å². The van der Waals surface area contributed by atoms with Crippen LogP contribution in [0, 0.1) is 5.82 Å². The average molecular weight is 444 g/mol. The fourth-order valence-corrected chi connectivity index (χ4v) is 4.47. The van der Waals surface area contributed by atoms with Crippen LogP contribution in [0.3, 0.4) is 0 Å². The molecule has 0 N–H and O–H groups in total. The van der Waals surface area contributed by atoms with E-state index in [-0.39, 0.29) is 17.6 Å². The summed E-state index contributed by atoms with van der Waals surface area (Å²) >= 11 is 0. The Morgan fingerprint density at radius 2 is 1.79 bits per heavy atom. The van der Waals surface area contributed by atoms with Crippen LogP contribution in [0.1, 0.15) is 30.7 Å². The molecule has 5 rings (SSSR count). The van der Waals surface area contributed by atoms with E-state index in [0.717, 1.165) is 29.0 Å². The summed E-state index contributed by atoms with van der Waals surface area (Å²) in [6.45, 7) is 3.79. The summed E-state index contributed by atoms with van der Waals surface area (Å²) in [7, 11) is 0. The highest BCUT2D eigenvalue weighted by Gasteiger charge is 2.34. The van der Waals surface area contributed by atoms with Crippen LogP contribution in [0.4, 0.5) is 10.1 Å². The van der Waals surface area contributed by atoms with E-state index < -0.39 is 0 Å². The molecule has 1 aromatic heterocycles. The Balaban J connectivity index is 1.37. The molecule has 1 aliphatic rings. The Labute approximate surface area is 192 Å². The minimum atomic E-state index is -0.312. The molecule has 4 aromatic rings. The monoisotopic (exact) mass is 443 g/mol. The highest BCUT2D eigenvalue weighted by Crippen LogP contribution is 2.33. The number of imidazole rings is 1. The number of halogens is 1. The smallest absolute Gasteiger partial charge is 0.227 e. The first-order valence-electron chi connectivity index (χ1n) is 11.3. The molecule has 2 heterocycles. The number of anilines is 1. The summed E-state index contributed by atoms with van der Waals surface area (Å²) in [5.74, 6) is 1.40. The van der Waals surface area contributed by atoms with E-state index in [4.69, 9.17) is 9.72 Å². The molecule has 0 radical (unpaired) electrons. The van der Waals surface area contributed by atoms with Crippen LogP contribution in [0.15, 0.2) is 72.8 Å². The first-order valence-corrected chi connectivity index (χ1v) is 11.3. The molecule has 168 valence electrons. The number of benzene rings is 3. The average Bonchev–Trinajstić information content (AvgIpc) is 3.41. The summed E-state index contributed by atoms with van der Waals surface area (Å²) in [5.41, 5.74) is 3.94. The molecule has 1 atom stereocenters. The van der Waals surface area contributed by atoms with Crippen LogP contribution < -0.4 is 9.64 Å². The molecule has 1 amide bonds. The second kappa shape index (κ2) is 9.06. The number of rotatable bonds is 7. The van der Waals surface area contributed by atoms with Gasteiger partial charge in [-0.05, 0) is 60.5 Å². The van der Waals surface area contributed by atoms with Gasteiger partial charge < -0.3 is 14.2 Å². The van der Waals surface area contributed by atoms with Gasteiger partial charge in [-0.25, -0.2) is 9.37 Å². The number of para-hydroxylation sites is 2. The molecule has 33 heavy (non-hydrogen) atoms. The third-order valence-corrected chi connectivity index (χ3v) is 6.23. The quantitative estimate of drug-likeness (QED) is 0.388. The lowest BCUT2D eigenvalue weighted by atomic mass is 10.1. The van der Waals surface area contributed by atoms with Gasteiger partial charge in [-0.15, -0.1) is 0 Å². The van der Waals surface area contributed by atoms with Gasteiger partial charge >= 0.3 is 0 Å². The predicted molar refractivity (Wildman–Crippen MR) is 127 cm³/mol. The molecule has 0 aliphatic carbocycles. The van der Waals surface area contributed by atoms with E-state index >= 15 is 0 Å². The first-order chi connectivity index (χ1) is 16.1. The van der Waals surface area contributed by atoms with Crippen molar-refractivity contribution < 1.29 is 13.9 Å². The Morgan fingerprint density at radius 3 is 2.55 bits per heavy atom. The number of amides is 1. The van der Waals surface area contributed by atoms with Crippen LogP contribution in [0.5, 0.6) is 5.75 Å². The molecule has 5 nitrogen and oxygen atoms in total. The zero-order valence-electron chi connectivity index (χ0n) is 18.6. The van der Waals surface area contributed by atoms with Crippen molar-refractivity contribution in [3.63, 3.8) is 0 Å². The fourth-order valence-electron chi connectivity index (χ4n) is 4.47. The van der Waals surface area contributed by atoms with Crippen molar-refractivity contribution in [1.29, 1.82) is 0 Å². The lowest BCUT2D eigenvalue weighted by molar-refractivity contribution is -0.117. The molecule has 1 fully saturated rings. The van der Waals surface area contributed by atoms with Crippen LogP contribution >= 0.6 is 0 Å². The highest BCUT2D eigenvalue weighted by molar-refractivity contribution is 5.96. The van der Waals surface area contributed by atoms with Gasteiger partial charge in [0.2, 0.25) is 5.91 Å². The SMILES string of the molecule is CCc1ccc(OCCn2c(C3CC(=O)N(c4ccc(F)cc4)C3)nc3ccccc32)cc1. The Morgan fingerprint density at radius 1 is 1.03 bits per heavy atom. The molecule has 1 aliphatic heterocycles. The lowest BCUT2D eigenvalue weighted by Crippen LogP contribution is -2.24. The zero-order valence-corrected chi connectivity index (χ0v) is 18.6. The maximum atomic E-state index is 13.3. The summed E-state index contributed by atoms with van der Waals surface area (Å²) in [6, 6.07) is 22.3. The van der Waals surface area contributed by atoms with Gasteiger partial charge in [0, 0.05) is 24.6 Å². The normalized spacial score (nSPS) is 16.0. The van der Waals surface area contributed by atoms with E-state index in [1.54, 1.807) is 17.0 Å². The number of aryl methyl sites for hydroxylation is 1. The fraction of sp³-hybridized carbons (Fsp3) is 0.259. The summed E-state index contributed by atoms with van der Waals surface area (Å²) in [4.78, 5) is 19.4. The predicted octanol–water partition coefficient (Wildman–Crippen LogP) is 5.34. The maximum absolute atomic E-state index is 13.3. The van der Waals surface area contributed by atoms with Crippen molar-refractivity contribution in [2.75, 3.05) is 18.1 Å². The summed E-state index contributed by atoms with van der Waals surface area (Å²) < 4.78 is 21.5. The molecule has 0 saturated carbocycles. The van der Waals surface area contributed by atoms with Crippen molar-refractivity contribution in [1.82, 2.24) is 9.55 Å². The van der Waals surface area contributed by atoms with Crippen LogP contribution in [0.25, 0.3) is 11.0 Å². The van der Waals surface area contributed by atoms with Crippen molar-refractivity contribution >= 4 is 22.6 Å². The van der Waals surface area contributed by atoms with E-state index in [2.05, 4.69) is 29.7 Å². The van der Waals surface area contributed by atoms with Crippen molar-refractivity contribution in [2.45, 2.75) is 32.2 Å². The van der Waals surface area contributed by atoms with Gasteiger partial charge in [0.1, 0.15) is 24.0 Å². The lowest BCUT2D eigenvalue weighted by Gasteiger charge is -2.17. The van der Waals surface area contributed by atoms with Gasteiger partial charge in [-0.2, -0.15) is 0 Å². The van der Waals surface area contributed by atoms with Crippen LogP contribution in [-0.4, -0.2) is 28.6 Å². The Hall–Kier alpha value is -3.67. The van der Waals surface area contributed by atoms with Crippen LogP contribution in [-0.2, 0) is 17.8 Å². The van der Waals surface area contributed by atoms with E-state index in [1.807, 2.05) is 30.3 Å². The molecule has 0 bridgehead atoms. The van der Waals surface area contributed by atoms with E-state index in [0.29, 0.717) is 31.8 Å². The molecule has 1 saturated heterocycles. The minimum absolute atomic E-state index is 0.0254. The van der Waals surface area contributed by atoms with Crippen molar-refractivity contribution in [3.05, 3.63) is 90.0 Å². The number of hydrogen-bond acceptors (Lipinski definition) is 3. The van der Waals surface area contributed by atoms with Gasteiger partial charge in [0.15, 0.2) is 0 Å². The highest BCUT2D eigenvalue weighted by atomic mass is 19.1. The van der Waals surface area contributed by atoms with Gasteiger partial charge in [-0.1, -0.05) is 31.2 Å². The van der Waals surface area contributed by atoms with E-state index in [1.165, 1.54) is 17.7 Å². The zero-order chi connectivity index (χ0) is 22.8. The number of hydrogen-bond donors (Lipinski definition) is 0. The van der Waals surface area contributed by atoms with Gasteiger partial charge in [-0.3, -0.25) is 4.79 Å². The third-order valence-electron chi connectivity index (χ3n) is 6.23.